The van der Waals surface area contributed by atoms with E-state index in [1.54, 1.807) is 0 Å². The number of hydrogen-bond donors (Lipinski definition) is 0. The Morgan fingerprint density at radius 1 is 0.923 bits per heavy atom. The Labute approximate surface area is 84.7 Å². The van der Waals surface area contributed by atoms with Crippen LogP contribution < -0.4 is 0 Å². The second-order valence-corrected chi connectivity index (χ2v) is 3.75. The Hall–Kier alpha value is 0.0249. The van der Waals surface area contributed by atoms with Crippen LogP contribution >= 0.6 is 0 Å². The molecule has 0 amide bonds. The molecule has 0 heterocycles. The lowest BCUT2D eigenvalue weighted by Crippen LogP contribution is -2.10. The molecule has 0 aromatic carbocycles. The van der Waals surface area contributed by atoms with Crippen molar-refractivity contribution in [2.24, 2.45) is 0 Å². The molecule has 0 N–H and O–H groups in total. The Bertz CT molecular complexity index is 96.1. The average Bonchev–Trinajstić information content (AvgIpc) is 2.16. The lowest BCUT2D eigenvalue weighted by Gasteiger charge is -2.14. The molecule has 0 saturated heterocycles. The van der Waals surface area contributed by atoms with Gasteiger partial charge in [0.05, 0.1) is 0 Å². The van der Waals surface area contributed by atoms with Crippen molar-refractivity contribution in [3.05, 3.63) is 0 Å². The molecule has 0 spiro atoms. The van der Waals surface area contributed by atoms with E-state index < -0.39 is 0 Å². The fourth-order valence-corrected chi connectivity index (χ4v) is 1.58. The maximum Gasteiger partial charge on any atom is 0.283 e. The molecule has 0 aromatic rings. The summed E-state index contributed by atoms with van der Waals surface area (Å²) >= 11 is 0. The van der Waals surface area contributed by atoms with Crippen LogP contribution in [0.2, 0.25) is 0 Å². The molecule has 0 bridgehead atoms. The zero-order chi connectivity index (χ0) is 9.94. The number of rotatable bonds is 9. The van der Waals surface area contributed by atoms with Gasteiger partial charge in [0.1, 0.15) is 0 Å². The highest BCUT2D eigenvalue weighted by Gasteiger charge is 2.03. The third-order valence-electron chi connectivity index (χ3n) is 2.43. The first-order valence-corrected chi connectivity index (χ1v) is 5.70. The van der Waals surface area contributed by atoms with E-state index in [1.807, 2.05) is 0 Å². The van der Waals surface area contributed by atoms with Gasteiger partial charge in [0, 0.05) is 6.10 Å². The van der Waals surface area contributed by atoms with Gasteiger partial charge in [-0.1, -0.05) is 52.4 Å². The van der Waals surface area contributed by atoms with E-state index in [0.29, 0.717) is 6.10 Å². The van der Waals surface area contributed by atoms with Gasteiger partial charge in [0.25, 0.3) is 8.05 Å². The summed E-state index contributed by atoms with van der Waals surface area (Å²) in [5.74, 6) is 0. The van der Waals surface area contributed by atoms with E-state index in [4.69, 9.17) is 12.7 Å². The minimum absolute atomic E-state index is 0.298. The normalized spacial score (nSPS) is 13.1. The average molecular weight is 182 g/mol. The standard InChI is InChI=1S/C11H23BO/c1-3-5-6-7-8-10-11(13-12)9-4-2/h11H,3-10H2,1-2H3. The van der Waals surface area contributed by atoms with Crippen LogP contribution in [0.5, 0.6) is 0 Å². The van der Waals surface area contributed by atoms with Gasteiger partial charge in [-0.3, -0.25) is 0 Å². The molecule has 1 nitrogen and oxygen atoms in total. The van der Waals surface area contributed by atoms with Crippen LogP contribution in [-0.2, 0) is 4.65 Å². The lowest BCUT2D eigenvalue weighted by atomic mass is 10.0. The maximum atomic E-state index is 5.20. The largest absolute Gasteiger partial charge is 0.445 e. The van der Waals surface area contributed by atoms with E-state index in [1.165, 1.54) is 32.1 Å². The second kappa shape index (κ2) is 10.1. The quantitative estimate of drug-likeness (QED) is 0.391. The van der Waals surface area contributed by atoms with Gasteiger partial charge in [-0.05, 0) is 12.8 Å². The summed E-state index contributed by atoms with van der Waals surface area (Å²) in [6.07, 6.45) is 10.3. The zero-order valence-corrected chi connectivity index (χ0v) is 9.22. The summed E-state index contributed by atoms with van der Waals surface area (Å²) in [5, 5.41) is 0. The monoisotopic (exact) mass is 182 g/mol. The lowest BCUT2D eigenvalue weighted by molar-refractivity contribution is 0.192. The van der Waals surface area contributed by atoms with Crippen LogP contribution in [0, 0.1) is 0 Å². The Morgan fingerprint density at radius 3 is 2.15 bits per heavy atom. The summed E-state index contributed by atoms with van der Waals surface area (Å²) < 4.78 is 4.90. The second-order valence-electron chi connectivity index (χ2n) is 3.75. The maximum absolute atomic E-state index is 5.20. The molecular weight excluding hydrogens is 159 g/mol. The van der Waals surface area contributed by atoms with Crippen molar-refractivity contribution < 1.29 is 4.65 Å². The van der Waals surface area contributed by atoms with Crippen LogP contribution in [0.4, 0.5) is 0 Å². The molecule has 1 unspecified atom stereocenters. The van der Waals surface area contributed by atoms with Crippen molar-refractivity contribution in [1.29, 1.82) is 0 Å². The number of unbranched alkanes of at least 4 members (excludes halogenated alkanes) is 4. The third kappa shape index (κ3) is 8.36. The van der Waals surface area contributed by atoms with E-state index in [-0.39, 0.29) is 0 Å². The summed E-state index contributed by atoms with van der Waals surface area (Å²) in [4.78, 5) is 0. The summed E-state index contributed by atoms with van der Waals surface area (Å²) in [6, 6.07) is 0. The van der Waals surface area contributed by atoms with Crippen LogP contribution in [0.1, 0.15) is 65.2 Å². The Kier molecular flexibility index (Phi) is 10.1. The van der Waals surface area contributed by atoms with Crippen molar-refractivity contribution in [1.82, 2.24) is 0 Å². The molecule has 0 aromatic heterocycles. The summed E-state index contributed by atoms with van der Waals surface area (Å²) in [5.41, 5.74) is 0. The SMILES string of the molecule is [B]OC(CCC)CCCCCCC. The molecule has 0 aliphatic rings. The minimum atomic E-state index is 0.298. The van der Waals surface area contributed by atoms with Crippen molar-refractivity contribution in [3.8, 4) is 0 Å². The van der Waals surface area contributed by atoms with Gasteiger partial charge < -0.3 is 4.65 Å². The van der Waals surface area contributed by atoms with E-state index in [9.17, 15) is 0 Å². The first-order chi connectivity index (χ1) is 6.35. The fourth-order valence-electron chi connectivity index (χ4n) is 1.58. The highest BCUT2D eigenvalue weighted by Crippen LogP contribution is 2.12. The van der Waals surface area contributed by atoms with Gasteiger partial charge in [-0.25, -0.2) is 0 Å². The molecule has 0 aliphatic carbocycles. The van der Waals surface area contributed by atoms with E-state index >= 15 is 0 Å². The predicted octanol–water partition coefficient (Wildman–Crippen LogP) is 3.62. The molecule has 2 heteroatoms. The molecule has 0 fully saturated rings. The van der Waals surface area contributed by atoms with Crippen molar-refractivity contribution in [3.63, 3.8) is 0 Å². The fraction of sp³-hybridized carbons (Fsp3) is 1.00. The smallest absolute Gasteiger partial charge is 0.283 e. The molecule has 0 rings (SSSR count). The molecule has 0 aliphatic heterocycles. The molecule has 76 valence electrons. The first kappa shape index (κ1) is 13.0. The van der Waals surface area contributed by atoms with Gasteiger partial charge in [0.2, 0.25) is 0 Å². The van der Waals surface area contributed by atoms with Gasteiger partial charge >= 0.3 is 0 Å². The van der Waals surface area contributed by atoms with E-state index in [0.717, 1.165) is 19.3 Å². The molecular formula is C11H23BO. The van der Waals surface area contributed by atoms with Gasteiger partial charge in [-0.2, -0.15) is 0 Å². The summed E-state index contributed by atoms with van der Waals surface area (Å²) in [7, 11) is 5.20. The van der Waals surface area contributed by atoms with Crippen LogP contribution in [0.25, 0.3) is 0 Å². The highest BCUT2D eigenvalue weighted by atomic mass is 16.4. The molecule has 1 atom stereocenters. The first-order valence-electron chi connectivity index (χ1n) is 5.70. The Morgan fingerprint density at radius 2 is 1.62 bits per heavy atom. The molecule has 0 saturated carbocycles. The van der Waals surface area contributed by atoms with Crippen LogP contribution in [0.3, 0.4) is 0 Å². The predicted molar refractivity (Wildman–Crippen MR) is 58.9 cm³/mol. The zero-order valence-electron chi connectivity index (χ0n) is 9.22. The van der Waals surface area contributed by atoms with Gasteiger partial charge in [-0.15, -0.1) is 0 Å². The third-order valence-corrected chi connectivity index (χ3v) is 2.43. The van der Waals surface area contributed by atoms with Crippen molar-refractivity contribution in [2.45, 2.75) is 71.3 Å². The summed E-state index contributed by atoms with van der Waals surface area (Å²) in [6.45, 7) is 4.41. The topological polar surface area (TPSA) is 9.23 Å². The molecule has 2 radical (unpaired) electrons. The number of hydrogen-bond acceptors (Lipinski definition) is 1. The van der Waals surface area contributed by atoms with Gasteiger partial charge in [0.15, 0.2) is 0 Å². The van der Waals surface area contributed by atoms with Crippen molar-refractivity contribution in [2.75, 3.05) is 0 Å². The molecule has 13 heavy (non-hydrogen) atoms. The highest BCUT2D eigenvalue weighted by molar-refractivity contribution is 5.98. The van der Waals surface area contributed by atoms with Crippen molar-refractivity contribution >= 4 is 8.05 Å². The minimum Gasteiger partial charge on any atom is -0.445 e. The Balaban J connectivity index is 3.17. The van der Waals surface area contributed by atoms with Crippen LogP contribution in [0.15, 0.2) is 0 Å². The van der Waals surface area contributed by atoms with Crippen LogP contribution in [-0.4, -0.2) is 14.2 Å². The van der Waals surface area contributed by atoms with E-state index in [2.05, 4.69) is 13.8 Å².